The fourth-order valence-corrected chi connectivity index (χ4v) is 3.88. The summed E-state index contributed by atoms with van der Waals surface area (Å²) in [6.07, 6.45) is 0. The number of benzene rings is 1. The molecule has 114 valence electrons. The van der Waals surface area contributed by atoms with Crippen LogP contribution in [-0.4, -0.2) is 18.6 Å². The van der Waals surface area contributed by atoms with Gasteiger partial charge in [-0.1, -0.05) is 28.1 Å². The van der Waals surface area contributed by atoms with Crippen molar-refractivity contribution in [1.29, 1.82) is 0 Å². The molecule has 1 heterocycles. The average molecular weight is 373 g/mol. The maximum Gasteiger partial charge on any atom is 0.260 e. The van der Waals surface area contributed by atoms with Crippen LogP contribution in [0.15, 0.2) is 33.8 Å². The number of rotatable bonds is 5. The molecule has 0 aliphatic rings. The van der Waals surface area contributed by atoms with Gasteiger partial charge in [-0.05, 0) is 31.5 Å². The van der Waals surface area contributed by atoms with Crippen LogP contribution in [-0.2, 0) is 16.6 Å². The molecule has 1 unspecified atom stereocenters. The van der Waals surface area contributed by atoms with Crippen molar-refractivity contribution in [2.45, 2.75) is 31.5 Å². The monoisotopic (exact) mass is 372 g/mol. The molecule has 0 amide bonds. The quantitative estimate of drug-likeness (QED) is 0.746. The Morgan fingerprint density at radius 3 is 2.81 bits per heavy atom. The van der Waals surface area contributed by atoms with Gasteiger partial charge >= 0.3 is 0 Å². The van der Waals surface area contributed by atoms with Crippen LogP contribution >= 0.6 is 15.9 Å². The lowest BCUT2D eigenvalue weighted by Gasteiger charge is -2.14. The molecule has 4 N–H and O–H groups in total. The molecule has 21 heavy (non-hydrogen) atoms. The lowest BCUT2D eigenvalue weighted by molar-refractivity contribution is 0.561. The van der Waals surface area contributed by atoms with E-state index < -0.39 is 10.0 Å². The van der Waals surface area contributed by atoms with E-state index in [0.717, 1.165) is 10.0 Å². The van der Waals surface area contributed by atoms with Crippen LogP contribution in [0.3, 0.4) is 0 Å². The van der Waals surface area contributed by atoms with E-state index >= 15 is 0 Å². The minimum absolute atomic E-state index is 0.0376. The van der Waals surface area contributed by atoms with E-state index in [1.807, 2.05) is 24.3 Å². The zero-order valence-corrected chi connectivity index (χ0v) is 14.1. The fraction of sp³-hybridized carbons (Fsp3) is 0.308. The number of hydrogen-bond donors (Lipinski definition) is 3. The van der Waals surface area contributed by atoms with Gasteiger partial charge in [0, 0.05) is 28.3 Å². The van der Waals surface area contributed by atoms with Gasteiger partial charge in [-0.3, -0.25) is 5.10 Å². The van der Waals surface area contributed by atoms with E-state index in [0.29, 0.717) is 11.3 Å². The Morgan fingerprint density at radius 2 is 2.19 bits per heavy atom. The molecule has 0 aliphatic carbocycles. The Bertz CT molecular complexity index is 742. The van der Waals surface area contributed by atoms with Crippen LogP contribution in [0.2, 0.25) is 0 Å². The predicted molar refractivity (Wildman–Crippen MR) is 84.1 cm³/mol. The molecule has 1 aromatic heterocycles. The van der Waals surface area contributed by atoms with Gasteiger partial charge in [0.1, 0.15) is 0 Å². The summed E-state index contributed by atoms with van der Waals surface area (Å²) in [4.78, 5) is 0. The van der Waals surface area contributed by atoms with Gasteiger partial charge < -0.3 is 5.73 Å². The first kappa shape index (κ1) is 16.2. The van der Waals surface area contributed by atoms with Crippen molar-refractivity contribution in [1.82, 2.24) is 14.9 Å². The van der Waals surface area contributed by atoms with Crippen molar-refractivity contribution in [2.24, 2.45) is 5.73 Å². The molecule has 8 heteroatoms. The van der Waals surface area contributed by atoms with Gasteiger partial charge in [-0.25, -0.2) is 13.1 Å². The summed E-state index contributed by atoms with van der Waals surface area (Å²) in [5, 5.41) is 6.48. The lowest BCUT2D eigenvalue weighted by Crippen LogP contribution is -2.28. The van der Waals surface area contributed by atoms with Crippen molar-refractivity contribution in [2.75, 3.05) is 0 Å². The van der Waals surface area contributed by atoms with Crippen molar-refractivity contribution >= 4 is 26.0 Å². The number of H-pyrrole nitrogens is 1. The Hall–Kier alpha value is -1.22. The third-order valence-corrected chi connectivity index (χ3v) is 5.18. The van der Waals surface area contributed by atoms with Gasteiger partial charge in [0.05, 0.1) is 0 Å². The van der Waals surface area contributed by atoms with Crippen LogP contribution in [0.5, 0.6) is 0 Å². The first-order valence-electron chi connectivity index (χ1n) is 6.37. The number of aromatic nitrogens is 2. The van der Waals surface area contributed by atoms with E-state index in [1.165, 1.54) is 0 Å². The Labute approximate surface area is 132 Å². The third-order valence-electron chi connectivity index (χ3n) is 3.18. The number of nitrogens with two attached hydrogens (primary N) is 1. The maximum atomic E-state index is 12.4. The standard InChI is InChI=1S/C13H17BrN4O2S/c1-8(10-4-3-5-11(14)6-10)18-21(19,20)13-12(7-15)9(2)16-17-13/h3-6,8,18H,7,15H2,1-2H3,(H,16,17). The van der Waals surface area contributed by atoms with Gasteiger partial charge in [0.2, 0.25) is 0 Å². The lowest BCUT2D eigenvalue weighted by atomic mass is 10.1. The Kier molecular flexibility index (Phi) is 4.82. The number of hydrogen-bond acceptors (Lipinski definition) is 4. The van der Waals surface area contributed by atoms with Crippen LogP contribution in [0, 0.1) is 6.92 Å². The molecule has 0 radical (unpaired) electrons. The summed E-state index contributed by atoms with van der Waals surface area (Å²) in [5.74, 6) is 0. The minimum Gasteiger partial charge on any atom is -0.326 e. The molecule has 0 saturated carbocycles. The van der Waals surface area contributed by atoms with Gasteiger partial charge in [0.15, 0.2) is 5.03 Å². The number of sulfonamides is 1. The van der Waals surface area contributed by atoms with Gasteiger partial charge in [0.25, 0.3) is 10.0 Å². The minimum atomic E-state index is -3.73. The normalized spacial score (nSPS) is 13.3. The highest BCUT2D eigenvalue weighted by Crippen LogP contribution is 2.21. The van der Waals surface area contributed by atoms with Crippen LogP contribution < -0.4 is 10.5 Å². The van der Waals surface area contributed by atoms with Crippen molar-refractivity contribution < 1.29 is 8.42 Å². The summed E-state index contributed by atoms with van der Waals surface area (Å²) in [7, 11) is -3.73. The highest BCUT2D eigenvalue weighted by Gasteiger charge is 2.25. The van der Waals surface area contributed by atoms with Crippen molar-refractivity contribution in [3.8, 4) is 0 Å². The van der Waals surface area contributed by atoms with Gasteiger partial charge in [-0.15, -0.1) is 0 Å². The molecule has 6 nitrogen and oxygen atoms in total. The molecule has 2 aromatic rings. The van der Waals surface area contributed by atoms with Crippen molar-refractivity contribution in [3.05, 3.63) is 45.6 Å². The van der Waals surface area contributed by atoms with Crippen LogP contribution in [0.1, 0.15) is 29.8 Å². The van der Waals surface area contributed by atoms with E-state index in [1.54, 1.807) is 13.8 Å². The van der Waals surface area contributed by atoms with Crippen molar-refractivity contribution in [3.63, 3.8) is 0 Å². The summed E-state index contributed by atoms with van der Waals surface area (Å²) in [5.41, 5.74) is 7.62. The number of aromatic amines is 1. The third kappa shape index (κ3) is 3.52. The van der Waals surface area contributed by atoms with Crippen LogP contribution in [0.25, 0.3) is 0 Å². The maximum absolute atomic E-state index is 12.4. The predicted octanol–water partition coefficient (Wildman–Crippen LogP) is 1.98. The van der Waals surface area contributed by atoms with E-state index in [-0.39, 0.29) is 17.6 Å². The fourth-order valence-electron chi connectivity index (χ4n) is 2.03. The van der Waals surface area contributed by atoms with Gasteiger partial charge in [-0.2, -0.15) is 5.10 Å². The summed E-state index contributed by atoms with van der Waals surface area (Å²) >= 11 is 3.37. The van der Waals surface area contributed by atoms with E-state index in [4.69, 9.17) is 5.73 Å². The van der Waals surface area contributed by atoms with Crippen LogP contribution in [0.4, 0.5) is 0 Å². The first-order valence-corrected chi connectivity index (χ1v) is 8.64. The largest absolute Gasteiger partial charge is 0.326 e. The molecule has 2 rings (SSSR count). The smallest absolute Gasteiger partial charge is 0.260 e. The summed E-state index contributed by atoms with van der Waals surface area (Å²) in [6, 6.07) is 7.09. The Balaban J connectivity index is 2.29. The second-order valence-electron chi connectivity index (χ2n) is 4.73. The molecular weight excluding hydrogens is 356 g/mol. The molecule has 1 aromatic carbocycles. The topological polar surface area (TPSA) is 101 Å². The molecule has 0 spiro atoms. The first-order chi connectivity index (χ1) is 9.85. The summed E-state index contributed by atoms with van der Waals surface area (Å²) < 4.78 is 28.4. The number of halogens is 1. The molecule has 0 bridgehead atoms. The zero-order valence-electron chi connectivity index (χ0n) is 11.7. The molecule has 1 atom stereocenters. The second kappa shape index (κ2) is 6.27. The van der Waals surface area contributed by atoms with E-state index in [2.05, 4.69) is 30.8 Å². The molecule has 0 saturated heterocycles. The second-order valence-corrected chi connectivity index (χ2v) is 7.28. The Morgan fingerprint density at radius 1 is 1.48 bits per heavy atom. The van der Waals surface area contributed by atoms with E-state index in [9.17, 15) is 8.42 Å². The summed E-state index contributed by atoms with van der Waals surface area (Å²) in [6.45, 7) is 3.64. The zero-order chi connectivity index (χ0) is 15.6. The number of nitrogens with one attached hydrogen (secondary N) is 2. The SMILES string of the molecule is Cc1[nH]nc(S(=O)(=O)NC(C)c2cccc(Br)c2)c1CN. The molecule has 0 aliphatic heterocycles. The number of aryl methyl sites for hydroxylation is 1. The highest BCUT2D eigenvalue weighted by molar-refractivity contribution is 9.10. The number of nitrogens with zero attached hydrogens (tertiary/aromatic N) is 1. The highest BCUT2D eigenvalue weighted by atomic mass is 79.9. The molecular formula is C13H17BrN4O2S. The molecule has 0 fully saturated rings. The average Bonchev–Trinajstić information content (AvgIpc) is 2.80.